The highest BCUT2D eigenvalue weighted by Gasteiger charge is 2.15. The molecule has 0 aromatic carbocycles. The van der Waals surface area contributed by atoms with Gasteiger partial charge in [0, 0.05) is 18.4 Å². The highest BCUT2D eigenvalue weighted by Crippen LogP contribution is 2.31. The molecule has 0 aliphatic carbocycles. The quantitative estimate of drug-likeness (QED) is 0.562. The monoisotopic (exact) mass is 191 g/mol. The Morgan fingerprint density at radius 3 is 1.14 bits per heavy atom. The molecule has 0 unspecified atom stereocenters. The molecule has 0 N–H and O–H groups in total. The summed E-state index contributed by atoms with van der Waals surface area (Å²) in [6.07, 6.45) is 0. The molecule has 1 aliphatic heterocycles. The van der Waals surface area contributed by atoms with Crippen LogP contribution < -0.4 is 0 Å². The first kappa shape index (κ1) is 11.1. The SMILES string of the molecule is CC1=C(C)C(C)=C(C)N(C)C(C)=C1C. The molecular weight excluding hydrogens is 170 g/mol. The van der Waals surface area contributed by atoms with E-state index in [1.165, 1.54) is 33.7 Å². The van der Waals surface area contributed by atoms with Crippen LogP contribution in [0.3, 0.4) is 0 Å². The summed E-state index contributed by atoms with van der Waals surface area (Å²) in [5.74, 6) is 0. The van der Waals surface area contributed by atoms with Gasteiger partial charge in [-0.05, 0) is 63.8 Å². The second-order valence-corrected chi connectivity index (χ2v) is 4.23. The number of nitrogens with zero attached hydrogens (tertiary/aromatic N) is 1. The molecule has 1 heterocycles. The molecule has 0 aromatic rings. The molecule has 0 spiro atoms. The lowest BCUT2D eigenvalue weighted by Gasteiger charge is -2.22. The Morgan fingerprint density at radius 2 is 0.857 bits per heavy atom. The van der Waals surface area contributed by atoms with E-state index in [-0.39, 0.29) is 0 Å². The molecule has 0 bridgehead atoms. The van der Waals surface area contributed by atoms with Crippen molar-refractivity contribution in [1.29, 1.82) is 0 Å². The van der Waals surface area contributed by atoms with Crippen molar-refractivity contribution in [2.45, 2.75) is 41.5 Å². The summed E-state index contributed by atoms with van der Waals surface area (Å²) in [7, 11) is 2.14. The van der Waals surface area contributed by atoms with Crippen molar-refractivity contribution in [2.24, 2.45) is 0 Å². The third-order valence-electron chi connectivity index (χ3n) is 3.78. The van der Waals surface area contributed by atoms with Gasteiger partial charge in [0.05, 0.1) is 0 Å². The van der Waals surface area contributed by atoms with Gasteiger partial charge in [0.15, 0.2) is 0 Å². The predicted octanol–water partition coefficient (Wildman–Crippen LogP) is 3.86. The van der Waals surface area contributed by atoms with Gasteiger partial charge in [-0.15, -0.1) is 0 Å². The Balaban J connectivity index is 3.46. The van der Waals surface area contributed by atoms with E-state index in [0.29, 0.717) is 0 Å². The average Bonchev–Trinajstić information content (AvgIpc) is 2.23. The Labute approximate surface area is 87.8 Å². The number of rotatable bonds is 0. The fourth-order valence-corrected chi connectivity index (χ4v) is 1.86. The maximum absolute atomic E-state index is 2.28. The van der Waals surface area contributed by atoms with Gasteiger partial charge in [-0.25, -0.2) is 0 Å². The van der Waals surface area contributed by atoms with E-state index in [9.17, 15) is 0 Å². The first-order valence-electron chi connectivity index (χ1n) is 5.14. The van der Waals surface area contributed by atoms with Crippen molar-refractivity contribution in [3.63, 3.8) is 0 Å². The van der Waals surface area contributed by atoms with Crippen molar-refractivity contribution in [1.82, 2.24) is 4.90 Å². The zero-order valence-corrected chi connectivity index (χ0v) is 10.4. The van der Waals surface area contributed by atoms with Crippen LogP contribution in [0.4, 0.5) is 0 Å². The lowest BCUT2D eigenvalue weighted by molar-refractivity contribution is 0.513. The first-order valence-corrected chi connectivity index (χ1v) is 5.14. The van der Waals surface area contributed by atoms with Crippen LogP contribution in [-0.4, -0.2) is 11.9 Å². The molecule has 78 valence electrons. The highest BCUT2D eigenvalue weighted by atomic mass is 15.1. The van der Waals surface area contributed by atoms with Crippen LogP contribution in [0.2, 0.25) is 0 Å². The van der Waals surface area contributed by atoms with E-state index in [1.807, 2.05) is 0 Å². The normalized spacial score (nSPS) is 19.5. The van der Waals surface area contributed by atoms with Gasteiger partial charge in [0.1, 0.15) is 0 Å². The fourth-order valence-electron chi connectivity index (χ4n) is 1.86. The maximum Gasteiger partial charge on any atom is 0.0174 e. The topological polar surface area (TPSA) is 3.24 Å². The maximum atomic E-state index is 2.28. The number of allylic oxidation sites excluding steroid dienone is 6. The summed E-state index contributed by atoms with van der Waals surface area (Å²) in [5, 5.41) is 0. The minimum Gasteiger partial charge on any atom is -0.352 e. The van der Waals surface area contributed by atoms with Crippen LogP contribution in [0.25, 0.3) is 0 Å². The molecule has 1 heteroatoms. The van der Waals surface area contributed by atoms with Gasteiger partial charge < -0.3 is 4.90 Å². The molecule has 14 heavy (non-hydrogen) atoms. The smallest absolute Gasteiger partial charge is 0.0174 e. The van der Waals surface area contributed by atoms with Gasteiger partial charge in [-0.2, -0.15) is 0 Å². The van der Waals surface area contributed by atoms with Crippen molar-refractivity contribution in [3.05, 3.63) is 33.7 Å². The second kappa shape index (κ2) is 3.64. The molecule has 0 radical (unpaired) electrons. The van der Waals surface area contributed by atoms with Crippen LogP contribution in [0, 0.1) is 0 Å². The van der Waals surface area contributed by atoms with E-state index < -0.39 is 0 Å². The predicted molar refractivity (Wildman–Crippen MR) is 62.9 cm³/mol. The minimum absolute atomic E-state index is 1.36. The van der Waals surface area contributed by atoms with Gasteiger partial charge >= 0.3 is 0 Å². The third-order valence-corrected chi connectivity index (χ3v) is 3.78. The van der Waals surface area contributed by atoms with Gasteiger partial charge in [0.25, 0.3) is 0 Å². The van der Waals surface area contributed by atoms with Crippen LogP contribution >= 0.6 is 0 Å². The zero-order chi connectivity index (χ0) is 11.0. The van der Waals surface area contributed by atoms with Gasteiger partial charge in [-0.1, -0.05) is 0 Å². The van der Waals surface area contributed by atoms with Crippen LogP contribution in [0.5, 0.6) is 0 Å². The minimum atomic E-state index is 1.36. The summed E-state index contributed by atoms with van der Waals surface area (Å²) in [4.78, 5) is 2.28. The Hall–Kier alpha value is -0.980. The molecule has 0 atom stereocenters. The molecule has 0 aromatic heterocycles. The standard InChI is InChI=1S/C13H21N/c1-8-9(2)11(4)13(6)14(7)12(5)10(8)3/h1-7H3. The average molecular weight is 191 g/mol. The zero-order valence-electron chi connectivity index (χ0n) is 10.4. The van der Waals surface area contributed by atoms with Crippen LogP contribution in [0.1, 0.15) is 41.5 Å². The van der Waals surface area contributed by atoms with Crippen molar-refractivity contribution >= 4 is 0 Å². The third kappa shape index (κ3) is 1.52. The van der Waals surface area contributed by atoms with Crippen molar-refractivity contribution in [3.8, 4) is 0 Å². The van der Waals surface area contributed by atoms with Gasteiger partial charge in [0.2, 0.25) is 0 Å². The molecule has 1 aliphatic rings. The summed E-state index contributed by atoms with van der Waals surface area (Å²) in [5.41, 5.74) is 8.36. The van der Waals surface area contributed by atoms with Crippen LogP contribution in [-0.2, 0) is 0 Å². The van der Waals surface area contributed by atoms with E-state index in [2.05, 4.69) is 53.5 Å². The summed E-state index contributed by atoms with van der Waals surface area (Å²) in [6.45, 7) is 13.2. The molecule has 1 nitrogen and oxygen atoms in total. The molecule has 1 rings (SSSR count). The summed E-state index contributed by atoms with van der Waals surface area (Å²) < 4.78 is 0. The molecule has 0 amide bonds. The van der Waals surface area contributed by atoms with E-state index in [1.54, 1.807) is 0 Å². The lowest BCUT2D eigenvalue weighted by atomic mass is 9.98. The Bertz CT molecular complexity index is 319. The molecule has 0 saturated carbocycles. The van der Waals surface area contributed by atoms with Crippen molar-refractivity contribution in [2.75, 3.05) is 7.05 Å². The Morgan fingerprint density at radius 1 is 0.571 bits per heavy atom. The van der Waals surface area contributed by atoms with Crippen molar-refractivity contribution < 1.29 is 0 Å². The van der Waals surface area contributed by atoms with E-state index in [4.69, 9.17) is 0 Å². The largest absolute Gasteiger partial charge is 0.352 e. The molecule has 0 saturated heterocycles. The number of hydrogen-bond acceptors (Lipinski definition) is 1. The first-order chi connectivity index (χ1) is 6.37. The van der Waals surface area contributed by atoms with E-state index in [0.717, 1.165) is 0 Å². The molecular formula is C13H21N. The Kier molecular flexibility index (Phi) is 2.89. The summed E-state index contributed by atoms with van der Waals surface area (Å²) in [6, 6.07) is 0. The fraction of sp³-hybridized carbons (Fsp3) is 0.538. The second-order valence-electron chi connectivity index (χ2n) is 4.23. The van der Waals surface area contributed by atoms with E-state index >= 15 is 0 Å². The molecule has 0 fully saturated rings. The highest BCUT2D eigenvalue weighted by molar-refractivity contribution is 5.47. The summed E-state index contributed by atoms with van der Waals surface area (Å²) >= 11 is 0. The lowest BCUT2D eigenvalue weighted by Crippen LogP contribution is -2.14. The van der Waals surface area contributed by atoms with Crippen LogP contribution in [0.15, 0.2) is 33.7 Å². The van der Waals surface area contributed by atoms with Gasteiger partial charge in [-0.3, -0.25) is 0 Å². The number of hydrogen-bond donors (Lipinski definition) is 0.